The van der Waals surface area contributed by atoms with Crippen LogP contribution in [0.1, 0.15) is 43.9 Å². The van der Waals surface area contributed by atoms with Crippen LogP contribution in [-0.4, -0.2) is 49.3 Å². The number of carbonyl (C=O) groups excluding carboxylic acids is 1. The molecule has 9 heteroatoms. The standard InChI is InChI=1S/C17H27N3O5S/c1-3-4-5-6-9-26(25)11-13(10-21)19-15(22)8-7-14-12(2)18-17(24)20-16(14)23/h7-8,13,21H,3-6,9-11H2,1-2H3,(H,19,22)(H2,18,20,23,24)/b8-7+. The average Bonchev–Trinajstić information content (AvgIpc) is 2.57. The van der Waals surface area contributed by atoms with Crippen LogP contribution in [0.4, 0.5) is 0 Å². The van der Waals surface area contributed by atoms with Gasteiger partial charge in [0.25, 0.3) is 5.56 Å². The zero-order valence-electron chi connectivity index (χ0n) is 15.2. The van der Waals surface area contributed by atoms with Gasteiger partial charge < -0.3 is 15.4 Å². The van der Waals surface area contributed by atoms with Crippen molar-refractivity contribution in [2.45, 2.75) is 45.6 Å². The van der Waals surface area contributed by atoms with Crippen LogP contribution in [0.25, 0.3) is 6.08 Å². The fraction of sp³-hybridized carbons (Fsp3) is 0.588. The Kier molecular flexibility index (Phi) is 9.82. The molecule has 4 N–H and O–H groups in total. The topological polar surface area (TPSA) is 132 Å². The van der Waals surface area contributed by atoms with Gasteiger partial charge in [0, 0.05) is 34.1 Å². The molecule has 26 heavy (non-hydrogen) atoms. The van der Waals surface area contributed by atoms with E-state index < -0.39 is 34.0 Å². The van der Waals surface area contributed by atoms with E-state index in [1.54, 1.807) is 6.92 Å². The summed E-state index contributed by atoms with van der Waals surface area (Å²) < 4.78 is 12.0. The lowest BCUT2D eigenvalue weighted by molar-refractivity contribution is -0.117. The number of aliphatic hydroxyl groups excluding tert-OH is 1. The quantitative estimate of drug-likeness (QED) is 0.319. The van der Waals surface area contributed by atoms with Crippen LogP contribution in [-0.2, 0) is 15.6 Å². The molecule has 0 aromatic carbocycles. The number of hydrogen-bond acceptors (Lipinski definition) is 5. The highest BCUT2D eigenvalue weighted by atomic mass is 32.2. The minimum absolute atomic E-state index is 0.166. The van der Waals surface area contributed by atoms with E-state index in [1.165, 1.54) is 6.08 Å². The summed E-state index contributed by atoms with van der Waals surface area (Å²) in [6.45, 7) is 3.33. The summed E-state index contributed by atoms with van der Waals surface area (Å²) in [7, 11) is -1.11. The Hall–Kier alpha value is -2.00. The summed E-state index contributed by atoms with van der Waals surface area (Å²) in [5.41, 5.74) is -0.701. The predicted molar refractivity (Wildman–Crippen MR) is 102 cm³/mol. The number of amides is 1. The van der Waals surface area contributed by atoms with Crippen molar-refractivity contribution in [2.75, 3.05) is 18.1 Å². The molecule has 0 spiro atoms. The lowest BCUT2D eigenvalue weighted by Gasteiger charge is -2.14. The van der Waals surface area contributed by atoms with E-state index >= 15 is 0 Å². The van der Waals surface area contributed by atoms with E-state index in [-0.39, 0.29) is 17.9 Å². The van der Waals surface area contributed by atoms with E-state index in [4.69, 9.17) is 0 Å². The number of hydrogen-bond donors (Lipinski definition) is 4. The summed E-state index contributed by atoms with van der Waals surface area (Å²) in [4.78, 5) is 39.3. The van der Waals surface area contributed by atoms with Gasteiger partial charge in [0.2, 0.25) is 5.91 Å². The van der Waals surface area contributed by atoms with Crippen molar-refractivity contribution in [2.24, 2.45) is 0 Å². The van der Waals surface area contributed by atoms with Crippen LogP contribution < -0.4 is 16.6 Å². The number of aryl methyl sites for hydroxylation is 1. The number of unbranched alkanes of at least 4 members (excludes halogenated alkanes) is 3. The molecule has 0 fully saturated rings. The Morgan fingerprint density at radius 1 is 1.27 bits per heavy atom. The molecule has 0 saturated heterocycles. The fourth-order valence-electron chi connectivity index (χ4n) is 2.36. The third kappa shape index (κ3) is 7.92. The normalized spacial score (nSPS) is 13.7. The van der Waals surface area contributed by atoms with Crippen LogP contribution in [0.15, 0.2) is 15.7 Å². The number of carbonyl (C=O) groups is 1. The summed E-state index contributed by atoms with van der Waals surface area (Å²) >= 11 is 0. The first-order valence-electron chi connectivity index (χ1n) is 8.65. The van der Waals surface area contributed by atoms with Gasteiger partial charge in [-0.25, -0.2) is 4.79 Å². The molecule has 0 aliphatic heterocycles. The maximum absolute atomic E-state index is 12.0. The largest absolute Gasteiger partial charge is 0.394 e. The van der Waals surface area contributed by atoms with Crippen LogP contribution >= 0.6 is 0 Å². The predicted octanol–water partition coefficient (Wildman–Crippen LogP) is 0.191. The van der Waals surface area contributed by atoms with Crippen molar-refractivity contribution >= 4 is 22.8 Å². The van der Waals surface area contributed by atoms with Gasteiger partial charge in [0.1, 0.15) is 0 Å². The van der Waals surface area contributed by atoms with Crippen LogP contribution in [0.2, 0.25) is 0 Å². The summed E-state index contributed by atoms with van der Waals surface area (Å²) in [5, 5.41) is 11.9. The minimum atomic E-state index is -1.11. The van der Waals surface area contributed by atoms with Gasteiger partial charge in [-0.2, -0.15) is 0 Å². The molecule has 0 radical (unpaired) electrons. The van der Waals surface area contributed by atoms with Crippen molar-refractivity contribution in [1.82, 2.24) is 15.3 Å². The summed E-state index contributed by atoms with van der Waals surface area (Å²) in [6.07, 6.45) is 6.52. The molecule has 1 aromatic rings. The van der Waals surface area contributed by atoms with E-state index in [2.05, 4.69) is 22.2 Å². The average molecular weight is 385 g/mol. The molecular formula is C17H27N3O5S. The van der Waals surface area contributed by atoms with Crippen molar-refractivity contribution in [3.05, 3.63) is 38.2 Å². The number of aliphatic hydroxyl groups is 1. The Bertz CT molecular complexity index is 754. The van der Waals surface area contributed by atoms with E-state index in [0.29, 0.717) is 11.4 Å². The zero-order valence-corrected chi connectivity index (χ0v) is 16.0. The summed E-state index contributed by atoms with van der Waals surface area (Å²) in [5.74, 6) is 0.214. The monoisotopic (exact) mass is 385 g/mol. The van der Waals surface area contributed by atoms with Crippen LogP contribution in [0.5, 0.6) is 0 Å². The van der Waals surface area contributed by atoms with Gasteiger partial charge in [-0.3, -0.25) is 18.8 Å². The lowest BCUT2D eigenvalue weighted by Crippen LogP contribution is -2.40. The van der Waals surface area contributed by atoms with Gasteiger partial charge in [-0.1, -0.05) is 26.2 Å². The molecule has 0 saturated carbocycles. The molecule has 0 aliphatic carbocycles. The molecule has 0 aliphatic rings. The maximum Gasteiger partial charge on any atom is 0.325 e. The molecule has 2 unspecified atom stereocenters. The molecule has 8 nitrogen and oxygen atoms in total. The zero-order chi connectivity index (χ0) is 19.5. The number of H-pyrrole nitrogens is 2. The van der Waals surface area contributed by atoms with Crippen LogP contribution in [0.3, 0.4) is 0 Å². The molecule has 1 rings (SSSR count). The molecular weight excluding hydrogens is 358 g/mol. The highest BCUT2D eigenvalue weighted by molar-refractivity contribution is 7.85. The molecule has 2 atom stereocenters. The van der Waals surface area contributed by atoms with Gasteiger partial charge in [0.15, 0.2) is 0 Å². The van der Waals surface area contributed by atoms with Gasteiger partial charge in [-0.15, -0.1) is 0 Å². The van der Waals surface area contributed by atoms with Gasteiger partial charge in [0.05, 0.1) is 18.2 Å². The Morgan fingerprint density at radius 2 is 2.00 bits per heavy atom. The first-order valence-corrected chi connectivity index (χ1v) is 10.1. The number of aromatic nitrogens is 2. The van der Waals surface area contributed by atoms with Gasteiger partial charge in [-0.05, 0) is 19.4 Å². The Morgan fingerprint density at radius 3 is 2.62 bits per heavy atom. The first kappa shape index (κ1) is 22.0. The molecule has 1 amide bonds. The summed E-state index contributed by atoms with van der Waals surface area (Å²) in [6, 6.07) is -0.617. The smallest absolute Gasteiger partial charge is 0.325 e. The number of aromatic amines is 2. The SMILES string of the molecule is CCCCCCS(=O)CC(CO)NC(=O)/C=C/c1c(C)[nH]c(=O)[nH]c1=O. The highest BCUT2D eigenvalue weighted by Crippen LogP contribution is 2.02. The minimum Gasteiger partial charge on any atom is -0.394 e. The second kappa shape index (κ2) is 11.6. The molecule has 146 valence electrons. The Balaban J connectivity index is 2.58. The molecule has 1 heterocycles. The second-order valence-electron chi connectivity index (χ2n) is 6.04. The first-order chi connectivity index (χ1) is 12.4. The molecule has 0 bridgehead atoms. The van der Waals surface area contributed by atoms with Crippen molar-refractivity contribution in [3.8, 4) is 0 Å². The van der Waals surface area contributed by atoms with E-state index in [0.717, 1.165) is 31.8 Å². The third-order valence-electron chi connectivity index (χ3n) is 3.76. The third-order valence-corrected chi connectivity index (χ3v) is 5.28. The van der Waals surface area contributed by atoms with E-state index in [9.17, 15) is 23.7 Å². The van der Waals surface area contributed by atoms with Crippen molar-refractivity contribution in [1.29, 1.82) is 0 Å². The van der Waals surface area contributed by atoms with Crippen molar-refractivity contribution < 1.29 is 14.1 Å². The number of rotatable bonds is 11. The van der Waals surface area contributed by atoms with Gasteiger partial charge >= 0.3 is 5.69 Å². The Labute approximate surface area is 154 Å². The van der Waals surface area contributed by atoms with Crippen LogP contribution in [0, 0.1) is 6.92 Å². The number of nitrogens with one attached hydrogen (secondary N) is 3. The van der Waals surface area contributed by atoms with Crippen molar-refractivity contribution in [3.63, 3.8) is 0 Å². The van der Waals surface area contributed by atoms with E-state index in [1.807, 2.05) is 0 Å². The maximum atomic E-state index is 12.0. The lowest BCUT2D eigenvalue weighted by atomic mass is 10.2. The fourth-order valence-corrected chi connectivity index (χ4v) is 3.69. The second-order valence-corrected chi connectivity index (χ2v) is 7.66. The highest BCUT2D eigenvalue weighted by Gasteiger charge is 2.13. The molecule has 1 aromatic heterocycles.